The number of hydrogen-bond donors (Lipinski definition) is 0. The van der Waals surface area contributed by atoms with E-state index in [1.807, 2.05) is 12.1 Å². The fourth-order valence-electron chi connectivity index (χ4n) is 7.06. The lowest BCUT2D eigenvalue weighted by atomic mass is 9.52. The fourth-order valence-corrected chi connectivity index (χ4v) is 7.32. The third-order valence-corrected chi connectivity index (χ3v) is 8.08. The second-order valence-corrected chi connectivity index (χ2v) is 10.2. The first-order valence-corrected chi connectivity index (χ1v) is 10.9. The van der Waals surface area contributed by atoms with Gasteiger partial charge in [-0.3, -0.25) is 9.59 Å². The summed E-state index contributed by atoms with van der Waals surface area (Å²) in [6.07, 6.45) is 7.64. The summed E-state index contributed by atoms with van der Waals surface area (Å²) in [5, 5.41) is 0. The van der Waals surface area contributed by atoms with Gasteiger partial charge in [0.1, 0.15) is 0 Å². The highest BCUT2D eigenvalue weighted by molar-refractivity contribution is 9.10. The molecule has 4 bridgehead atoms. The Labute approximate surface area is 168 Å². The quantitative estimate of drug-likeness (QED) is 0.662. The Morgan fingerprint density at radius 2 is 1.63 bits per heavy atom. The van der Waals surface area contributed by atoms with E-state index in [4.69, 9.17) is 4.74 Å². The maximum absolute atomic E-state index is 13.3. The van der Waals surface area contributed by atoms with Crippen molar-refractivity contribution in [2.45, 2.75) is 56.5 Å². The van der Waals surface area contributed by atoms with Crippen molar-refractivity contribution < 1.29 is 14.3 Å². The van der Waals surface area contributed by atoms with Crippen LogP contribution in [0, 0.1) is 23.7 Å². The minimum atomic E-state index is -0.406. The maximum atomic E-state index is 13.3. The van der Waals surface area contributed by atoms with Gasteiger partial charge in [0, 0.05) is 16.4 Å². The molecule has 1 aromatic rings. The summed E-state index contributed by atoms with van der Waals surface area (Å²) < 4.78 is 6.10. The Hall–Kier alpha value is -1.36. The molecule has 0 radical (unpaired) electrons. The summed E-state index contributed by atoms with van der Waals surface area (Å²) in [6, 6.07) is 7.91. The maximum Gasteiger partial charge on any atom is 0.311 e. The summed E-state index contributed by atoms with van der Waals surface area (Å²) in [5.41, 5.74) is 1.00. The van der Waals surface area contributed by atoms with Crippen LogP contribution in [0.2, 0.25) is 0 Å². The van der Waals surface area contributed by atoms with Crippen molar-refractivity contribution in [1.82, 2.24) is 4.90 Å². The molecular weight excluding hydrogens is 406 g/mol. The van der Waals surface area contributed by atoms with Crippen molar-refractivity contribution in [2.75, 3.05) is 7.11 Å². The molecule has 0 aromatic heterocycles. The number of benzene rings is 1. The van der Waals surface area contributed by atoms with E-state index >= 15 is 0 Å². The van der Waals surface area contributed by atoms with Crippen LogP contribution < -0.4 is 0 Å². The molecule has 144 valence electrons. The molecule has 4 nitrogen and oxygen atoms in total. The van der Waals surface area contributed by atoms with E-state index in [-0.39, 0.29) is 29.9 Å². The molecule has 1 aromatic carbocycles. The average molecular weight is 432 g/mol. The SMILES string of the molecule is COC(=O)[C@H]1CC(=O)N(C23CC4CC(CC(C4)C2)C3)[C@@H]1c1ccc(Br)cc1. The number of hydrogen-bond acceptors (Lipinski definition) is 3. The van der Waals surface area contributed by atoms with Gasteiger partial charge in [-0.05, 0) is 74.0 Å². The van der Waals surface area contributed by atoms with Gasteiger partial charge in [-0.2, -0.15) is 0 Å². The molecule has 1 amide bonds. The van der Waals surface area contributed by atoms with E-state index in [0.29, 0.717) is 0 Å². The zero-order valence-corrected chi connectivity index (χ0v) is 17.3. The van der Waals surface area contributed by atoms with Crippen LogP contribution in [0.5, 0.6) is 0 Å². The second kappa shape index (κ2) is 6.33. The molecule has 1 aliphatic heterocycles. The predicted octanol–water partition coefficient (Wildman–Crippen LogP) is 4.48. The first-order chi connectivity index (χ1) is 13.0. The Morgan fingerprint density at radius 3 is 2.15 bits per heavy atom. The van der Waals surface area contributed by atoms with Gasteiger partial charge in [0.25, 0.3) is 0 Å². The van der Waals surface area contributed by atoms with Crippen molar-refractivity contribution in [1.29, 1.82) is 0 Å². The fraction of sp³-hybridized carbons (Fsp3) is 0.636. The molecule has 0 N–H and O–H groups in total. The summed E-state index contributed by atoms with van der Waals surface area (Å²) in [4.78, 5) is 28.0. The molecule has 4 aliphatic carbocycles. The molecule has 1 saturated heterocycles. The summed E-state index contributed by atoms with van der Waals surface area (Å²) >= 11 is 3.50. The van der Waals surface area contributed by atoms with E-state index in [9.17, 15) is 9.59 Å². The van der Waals surface area contributed by atoms with Crippen molar-refractivity contribution in [3.8, 4) is 0 Å². The zero-order valence-electron chi connectivity index (χ0n) is 15.7. The van der Waals surface area contributed by atoms with Crippen LogP contribution in [0.15, 0.2) is 28.7 Å². The van der Waals surface area contributed by atoms with Crippen molar-refractivity contribution in [3.05, 3.63) is 34.3 Å². The number of methoxy groups -OCH3 is 1. The molecule has 0 unspecified atom stereocenters. The molecule has 0 spiro atoms. The number of halogens is 1. The third-order valence-electron chi connectivity index (χ3n) is 7.55. The van der Waals surface area contributed by atoms with Crippen molar-refractivity contribution in [3.63, 3.8) is 0 Å². The van der Waals surface area contributed by atoms with E-state index in [2.05, 4.69) is 33.0 Å². The summed E-state index contributed by atoms with van der Waals surface area (Å²) in [5.74, 6) is 1.74. The predicted molar refractivity (Wildman–Crippen MR) is 105 cm³/mol. The van der Waals surface area contributed by atoms with E-state index in [0.717, 1.165) is 47.1 Å². The van der Waals surface area contributed by atoms with Crippen molar-refractivity contribution in [2.24, 2.45) is 23.7 Å². The minimum Gasteiger partial charge on any atom is -0.469 e. The van der Waals surface area contributed by atoms with Gasteiger partial charge in [-0.1, -0.05) is 28.1 Å². The molecule has 27 heavy (non-hydrogen) atoms. The largest absolute Gasteiger partial charge is 0.469 e. The molecular formula is C22H26BrNO3. The normalized spacial score (nSPS) is 39.9. The van der Waals surface area contributed by atoms with Gasteiger partial charge >= 0.3 is 5.97 Å². The number of carbonyl (C=O) groups is 2. The summed E-state index contributed by atoms with van der Waals surface area (Å²) in [7, 11) is 1.43. The molecule has 6 rings (SSSR count). The lowest BCUT2D eigenvalue weighted by Gasteiger charge is -2.61. The number of carbonyl (C=O) groups excluding carboxylic acids is 2. The molecule has 4 saturated carbocycles. The van der Waals surface area contributed by atoms with Crippen molar-refractivity contribution >= 4 is 27.8 Å². The highest BCUT2D eigenvalue weighted by Gasteiger charge is 2.60. The van der Waals surface area contributed by atoms with Crippen LogP contribution in [0.25, 0.3) is 0 Å². The Kier molecular flexibility index (Phi) is 4.15. The molecule has 5 fully saturated rings. The lowest BCUT2D eigenvalue weighted by molar-refractivity contribution is -0.152. The highest BCUT2D eigenvalue weighted by atomic mass is 79.9. The topological polar surface area (TPSA) is 46.6 Å². The number of rotatable bonds is 3. The number of ether oxygens (including phenoxy) is 1. The van der Waals surface area contributed by atoms with Gasteiger partial charge in [0.05, 0.1) is 19.1 Å². The Balaban J connectivity index is 1.57. The Morgan fingerprint density at radius 1 is 1.07 bits per heavy atom. The second-order valence-electron chi connectivity index (χ2n) is 9.24. The minimum absolute atomic E-state index is 0.0493. The van der Waals surface area contributed by atoms with Crippen LogP contribution in [-0.2, 0) is 14.3 Å². The Bertz CT molecular complexity index is 739. The highest BCUT2D eigenvalue weighted by Crippen LogP contribution is 2.61. The van der Waals surface area contributed by atoms with Gasteiger partial charge in [0.15, 0.2) is 0 Å². The van der Waals surface area contributed by atoms with Crippen LogP contribution in [0.3, 0.4) is 0 Å². The van der Waals surface area contributed by atoms with Crippen LogP contribution >= 0.6 is 15.9 Å². The van der Waals surface area contributed by atoms with Crippen LogP contribution in [0.4, 0.5) is 0 Å². The van der Waals surface area contributed by atoms with E-state index in [1.165, 1.54) is 26.4 Å². The van der Waals surface area contributed by atoms with Gasteiger partial charge in [-0.15, -0.1) is 0 Å². The van der Waals surface area contributed by atoms with Gasteiger partial charge < -0.3 is 9.64 Å². The lowest BCUT2D eigenvalue weighted by Crippen LogP contribution is -2.61. The first-order valence-electron chi connectivity index (χ1n) is 10.1. The smallest absolute Gasteiger partial charge is 0.311 e. The van der Waals surface area contributed by atoms with Crippen LogP contribution in [-0.4, -0.2) is 29.4 Å². The number of esters is 1. The third kappa shape index (κ3) is 2.76. The van der Waals surface area contributed by atoms with Crippen LogP contribution in [0.1, 0.15) is 56.6 Å². The van der Waals surface area contributed by atoms with Gasteiger partial charge in [-0.25, -0.2) is 0 Å². The molecule has 5 heteroatoms. The number of nitrogens with zero attached hydrogens (tertiary/aromatic N) is 1. The first kappa shape index (κ1) is 17.7. The number of likely N-dealkylation sites (tertiary alicyclic amines) is 1. The van der Waals surface area contributed by atoms with E-state index in [1.54, 1.807) is 0 Å². The monoisotopic (exact) mass is 431 g/mol. The number of amides is 1. The molecule has 1 heterocycles. The standard InChI is InChI=1S/C22H26BrNO3/c1-27-21(26)18-9-19(25)24(20(18)16-2-4-17(23)5-3-16)22-10-13-6-14(11-22)8-15(7-13)12-22/h2-5,13-15,18,20H,6-12H2,1H3/t13?,14?,15?,18-,20+,22?/m0/s1. The zero-order chi connectivity index (χ0) is 18.8. The van der Waals surface area contributed by atoms with Gasteiger partial charge in [0.2, 0.25) is 5.91 Å². The summed E-state index contributed by atoms with van der Waals surface area (Å²) in [6.45, 7) is 0. The average Bonchev–Trinajstić information content (AvgIpc) is 2.98. The molecule has 5 aliphatic rings. The molecule has 2 atom stereocenters. The van der Waals surface area contributed by atoms with E-state index < -0.39 is 5.92 Å².